The Bertz CT molecular complexity index is 1210. The van der Waals surface area contributed by atoms with Gasteiger partial charge < -0.3 is 24.1 Å². The second-order valence-electron chi connectivity index (χ2n) is 7.10. The van der Waals surface area contributed by atoms with E-state index in [0.717, 1.165) is 47.6 Å². The predicted octanol–water partition coefficient (Wildman–Crippen LogP) is 7.63. The normalized spacial score (nSPS) is 10.6. The van der Waals surface area contributed by atoms with Gasteiger partial charge in [-0.2, -0.15) is 0 Å². The smallest absolute Gasteiger partial charge is 0.141 e. The highest BCUT2D eigenvalue weighted by Gasteiger charge is 2.19. The number of fused-ring (bicyclic) bond motifs is 2. The molecule has 4 rings (SSSR count). The SMILES string of the molecule is COc1c(Br)c(CBr)c(OC)c2ccccc12.COc1c(Br)c(CO)c(OC)c2ccccc12. The van der Waals surface area contributed by atoms with Crippen molar-refractivity contribution in [2.45, 2.75) is 11.9 Å². The minimum absolute atomic E-state index is 0.106. The fourth-order valence-corrected chi connectivity index (χ4v) is 6.21. The number of ether oxygens (including phenoxy) is 4. The maximum Gasteiger partial charge on any atom is 0.141 e. The average molecular weight is 657 g/mol. The van der Waals surface area contributed by atoms with Crippen LogP contribution in [0.3, 0.4) is 0 Å². The Hall–Kier alpha value is -2.00. The molecule has 0 heterocycles. The zero-order valence-electron chi connectivity index (χ0n) is 19.2. The number of aliphatic hydroxyl groups excluding tert-OH is 1. The van der Waals surface area contributed by atoms with Crippen molar-refractivity contribution in [2.24, 2.45) is 0 Å². The summed E-state index contributed by atoms with van der Waals surface area (Å²) in [5.74, 6) is 3.11. The van der Waals surface area contributed by atoms with Crippen LogP contribution in [0.4, 0.5) is 0 Å². The van der Waals surface area contributed by atoms with E-state index in [1.807, 2.05) is 48.5 Å². The van der Waals surface area contributed by atoms with Gasteiger partial charge in [0.25, 0.3) is 0 Å². The Morgan fingerprint density at radius 1 is 0.588 bits per heavy atom. The fraction of sp³-hybridized carbons (Fsp3) is 0.231. The van der Waals surface area contributed by atoms with Crippen molar-refractivity contribution < 1.29 is 24.1 Å². The molecule has 0 saturated heterocycles. The van der Waals surface area contributed by atoms with Crippen molar-refractivity contribution in [3.8, 4) is 23.0 Å². The van der Waals surface area contributed by atoms with Crippen LogP contribution in [-0.4, -0.2) is 33.5 Å². The summed E-state index contributed by atoms with van der Waals surface area (Å²) >= 11 is 10.5. The molecule has 0 unspecified atom stereocenters. The van der Waals surface area contributed by atoms with Crippen molar-refractivity contribution in [1.29, 1.82) is 0 Å². The molecule has 34 heavy (non-hydrogen) atoms. The van der Waals surface area contributed by atoms with Gasteiger partial charge in [0.05, 0.1) is 44.0 Å². The van der Waals surface area contributed by atoms with E-state index in [-0.39, 0.29) is 6.61 Å². The first-order chi connectivity index (χ1) is 16.5. The summed E-state index contributed by atoms with van der Waals surface area (Å²) in [7, 11) is 6.57. The van der Waals surface area contributed by atoms with Gasteiger partial charge in [0.2, 0.25) is 0 Å². The van der Waals surface area contributed by atoms with Gasteiger partial charge in [-0.25, -0.2) is 0 Å². The van der Waals surface area contributed by atoms with E-state index in [4.69, 9.17) is 18.9 Å². The molecular formula is C26H25Br3O5. The quantitative estimate of drug-likeness (QED) is 0.216. The van der Waals surface area contributed by atoms with E-state index in [1.165, 1.54) is 0 Å². The first-order valence-corrected chi connectivity index (χ1v) is 13.0. The van der Waals surface area contributed by atoms with Gasteiger partial charge in [0.15, 0.2) is 0 Å². The number of hydrogen-bond donors (Lipinski definition) is 1. The number of benzene rings is 4. The van der Waals surface area contributed by atoms with E-state index in [1.54, 1.807) is 28.4 Å². The van der Waals surface area contributed by atoms with Gasteiger partial charge in [0, 0.05) is 38.0 Å². The lowest BCUT2D eigenvalue weighted by Gasteiger charge is -2.16. The number of halogens is 3. The molecule has 0 saturated carbocycles. The highest BCUT2D eigenvalue weighted by Crippen LogP contribution is 2.45. The summed E-state index contributed by atoms with van der Waals surface area (Å²) in [6.45, 7) is -0.106. The van der Waals surface area contributed by atoms with Crippen LogP contribution >= 0.6 is 47.8 Å². The monoisotopic (exact) mass is 654 g/mol. The van der Waals surface area contributed by atoms with Gasteiger partial charge >= 0.3 is 0 Å². The van der Waals surface area contributed by atoms with Crippen molar-refractivity contribution in [2.75, 3.05) is 28.4 Å². The largest absolute Gasteiger partial charge is 0.496 e. The molecule has 0 aliphatic rings. The van der Waals surface area contributed by atoms with Crippen LogP contribution in [0.5, 0.6) is 23.0 Å². The summed E-state index contributed by atoms with van der Waals surface area (Å²) in [6, 6.07) is 15.8. The van der Waals surface area contributed by atoms with Gasteiger partial charge in [-0.15, -0.1) is 0 Å². The standard InChI is InChI=1S/C13H12Br2O2.C13H13BrO3/c1-16-12-8-5-3-4-6-9(8)13(17-2)11(15)10(12)7-14;1-16-12-8-5-3-4-6-9(8)13(17-2)11(14)10(12)7-15/h3-6H,7H2,1-2H3;3-6,15H,7H2,1-2H3. The molecule has 0 spiro atoms. The van der Waals surface area contributed by atoms with E-state index >= 15 is 0 Å². The molecule has 180 valence electrons. The molecule has 4 aromatic carbocycles. The molecule has 0 bridgehead atoms. The number of alkyl halides is 1. The number of rotatable bonds is 6. The number of aliphatic hydroxyl groups is 1. The van der Waals surface area contributed by atoms with Crippen LogP contribution in [0.15, 0.2) is 57.5 Å². The van der Waals surface area contributed by atoms with Crippen molar-refractivity contribution in [3.05, 3.63) is 68.6 Å². The highest BCUT2D eigenvalue weighted by atomic mass is 79.9. The van der Waals surface area contributed by atoms with Gasteiger partial charge in [-0.1, -0.05) is 64.5 Å². The lowest BCUT2D eigenvalue weighted by Crippen LogP contribution is -1.98. The molecule has 0 aliphatic heterocycles. The predicted molar refractivity (Wildman–Crippen MR) is 148 cm³/mol. The molecule has 0 amide bonds. The summed E-state index contributed by atoms with van der Waals surface area (Å²) in [5, 5.41) is 14.1. The molecule has 1 N–H and O–H groups in total. The Morgan fingerprint density at radius 2 is 0.912 bits per heavy atom. The van der Waals surface area contributed by atoms with Crippen LogP contribution in [0.2, 0.25) is 0 Å². The molecule has 0 atom stereocenters. The van der Waals surface area contributed by atoms with Gasteiger partial charge in [-0.05, 0) is 31.9 Å². The fourth-order valence-electron chi connectivity index (χ4n) is 3.92. The van der Waals surface area contributed by atoms with Crippen LogP contribution in [-0.2, 0) is 11.9 Å². The molecule has 0 fully saturated rings. The Balaban J connectivity index is 0.000000191. The van der Waals surface area contributed by atoms with E-state index in [9.17, 15) is 5.11 Å². The molecule has 4 aromatic rings. The van der Waals surface area contributed by atoms with Crippen molar-refractivity contribution in [3.63, 3.8) is 0 Å². The Labute approximate surface area is 224 Å². The summed E-state index contributed by atoms with van der Waals surface area (Å²) in [4.78, 5) is 0. The zero-order chi connectivity index (χ0) is 24.8. The summed E-state index contributed by atoms with van der Waals surface area (Å²) in [6.07, 6.45) is 0. The molecule has 0 aromatic heterocycles. The zero-order valence-corrected chi connectivity index (χ0v) is 24.0. The first kappa shape index (κ1) is 26.6. The van der Waals surface area contributed by atoms with E-state index in [0.29, 0.717) is 22.4 Å². The third kappa shape index (κ3) is 4.87. The Morgan fingerprint density at radius 3 is 1.24 bits per heavy atom. The maximum atomic E-state index is 9.44. The topological polar surface area (TPSA) is 57.2 Å². The Kier molecular flexibility index (Phi) is 9.47. The van der Waals surface area contributed by atoms with Gasteiger partial charge in [0.1, 0.15) is 23.0 Å². The lowest BCUT2D eigenvalue weighted by atomic mass is 10.0. The van der Waals surface area contributed by atoms with Crippen LogP contribution in [0.1, 0.15) is 11.1 Å². The van der Waals surface area contributed by atoms with Gasteiger partial charge in [-0.3, -0.25) is 0 Å². The third-order valence-electron chi connectivity index (χ3n) is 5.42. The maximum absolute atomic E-state index is 9.44. The molecule has 0 aliphatic carbocycles. The summed E-state index contributed by atoms with van der Waals surface area (Å²) in [5.41, 5.74) is 1.76. The van der Waals surface area contributed by atoms with Crippen molar-refractivity contribution >= 4 is 69.3 Å². The molecule has 5 nitrogen and oxygen atoms in total. The van der Waals surface area contributed by atoms with Crippen LogP contribution in [0.25, 0.3) is 21.5 Å². The minimum Gasteiger partial charge on any atom is -0.496 e. The molecular weight excluding hydrogens is 632 g/mol. The molecule has 8 heteroatoms. The number of methoxy groups -OCH3 is 4. The second-order valence-corrected chi connectivity index (χ2v) is 9.25. The highest BCUT2D eigenvalue weighted by molar-refractivity contribution is 9.11. The third-order valence-corrected chi connectivity index (χ3v) is 7.66. The number of hydrogen-bond acceptors (Lipinski definition) is 5. The van der Waals surface area contributed by atoms with Crippen LogP contribution in [0, 0.1) is 0 Å². The van der Waals surface area contributed by atoms with Crippen molar-refractivity contribution in [1.82, 2.24) is 0 Å². The lowest BCUT2D eigenvalue weighted by molar-refractivity contribution is 0.272. The summed E-state index contributed by atoms with van der Waals surface area (Å²) < 4.78 is 23.4. The minimum atomic E-state index is -0.106. The van der Waals surface area contributed by atoms with Crippen LogP contribution < -0.4 is 18.9 Å². The average Bonchev–Trinajstić information content (AvgIpc) is 2.87. The van der Waals surface area contributed by atoms with E-state index in [2.05, 4.69) is 47.8 Å². The second kappa shape index (κ2) is 12.1. The first-order valence-electron chi connectivity index (χ1n) is 10.3. The van der Waals surface area contributed by atoms with E-state index < -0.39 is 0 Å². The molecule has 0 radical (unpaired) electrons.